The predicted octanol–water partition coefficient (Wildman–Crippen LogP) is 1.72. The van der Waals surface area contributed by atoms with Crippen molar-refractivity contribution in [1.29, 1.82) is 0 Å². The van der Waals surface area contributed by atoms with Crippen LogP contribution in [0.25, 0.3) is 0 Å². The highest BCUT2D eigenvalue weighted by Gasteiger charge is 2.35. The van der Waals surface area contributed by atoms with Crippen LogP contribution in [0, 0.1) is 0 Å². The van der Waals surface area contributed by atoms with E-state index in [0.717, 1.165) is 0 Å². The monoisotopic (exact) mass is 298 g/mol. The summed E-state index contributed by atoms with van der Waals surface area (Å²) in [5.41, 5.74) is 0. The third-order valence-corrected chi connectivity index (χ3v) is 5.16. The van der Waals surface area contributed by atoms with Gasteiger partial charge >= 0.3 is 0 Å². The molecule has 1 heterocycles. The van der Waals surface area contributed by atoms with Crippen LogP contribution < -0.4 is 0 Å². The zero-order valence-corrected chi connectivity index (χ0v) is 12.2. The summed E-state index contributed by atoms with van der Waals surface area (Å²) in [6.45, 7) is 3.95. The van der Waals surface area contributed by atoms with Gasteiger partial charge in [0.2, 0.25) is 5.91 Å². The number of rotatable bonds is 3. The number of nitrogens with zero attached hydrogens (tertiary/aromatic N) is 2. The van der Waals surface area contributed by atoms with Crippen LogP contribution in [0.5, 0.6) is 0 Å². The Morgan fingerprint density at radius 1 is 1.32 bits per heavy atom. The number of carbonyl (C=O) groups is 1. The van der Waals surface area contributed by atoms with E-state index in [-0.39, 0.29) is 21.2 Å². The van der Waals surface area contributed by atoms with Gasteiger partial charge in [-0.3, -0.25) is 9.69 Å². The fourth-order valence-electron chi connectivity index (χ4n) is 1.70. The van der Waals surface area contributed by atoms with Gasteiger partial charge in [-0.1, -0.05) is 30.0 Å². The van der Waals surface area contributed by atoms with Crippen molar-refractivity contribution >= 4 is 32.9 Å². The molecule has 1 aromatic rings. The highest BCUT2D eigenvalue weighted by Crippen LogP contribution is 2.28. The average molecular weight is 298 g/mol. The van der Waals surface area contributed by atoms with Gasteiger partial charge in [0, 0.05) is 6.54 Å². The van der Waals surface area contributed by atoms with Crippen molar-refractivity contribution in [2.24, 2.45) is 4.40 Å². The van der Waals surface area contributed by atoms with Gasteiger partial charge in [0.05, 0.1) is 10.1 Å². The summed E-state index contributed by atoms with van der Waals surface area (Å²) < 4.78 is 28.0. The quantitative estimate of drug-likeness (QED) is 0.852. The topological polar surface area (TPSA) is 66.8 Å². The standard InChI is InChI=1S/C12H14N2O3S2/c1-3-14-11(15)9(2)18-12(14)13-19(16,17)10-7-5-4-6-8-10/h4-9H,3H2,1-2H3/t9-/m0/s1. The van der Waals surface area contributed by atoms with Crippen LogP contribution in [0.4, 0.5) is 0 Å². The maximum Gasteiger partial charge on any atom is 0.284 e. The lowest BCUT2D eigenvalue weighted by atomic mass is 10.4. The molecule has 2 rings (SSSR count). The van der Waals surface area contributed by atoms with E-state index in [2.05, 4.69) is 4.40 Å². The second-order valence-electron chi connectivity index (χ2n) is 4.00. The van der Waals surface area contributed by atoms with Crippen LogP contribution in [-0.4, -0.2) is 36.2 Å². The highest BCUT2D eigenvalue weighted by molar-refractivity contribution is 8.16. The minimum absolute atomic E-state index is 0.102. The van der Waals surface area contributed by atoms with Crippen molar-refractivity contribution in [3.63, 3.8) is 0 Å². The highest BCUT2D eigenvalue weighted by atomic mass is 32.2. The molecule has 0 aliphatic carbocycles. The molecule has 0 N–H and O–H groups in total. The molecule has 1 aromatic carbocycles. The molecule has 0 bridgehead atoms. The average Bonchev–Trinajstić information content (AvgIpc) is 2.65. The zero-order chi connectivity index (χ0) is 14.0. The summed E-state index contributed by atoms with van der Waals surface area (Å²) >= 11 is 1.18. The minimum atomic E-state index is -3.76. The molecule has 1 amide bonds. The van der Waals surface area contributed by atoms with Gasteiger partial charge in [-0.05, 0) is 26.0 Å². The molecule has 1 fully saturated rings. The molecule has 0 saturated carbocycles. The van der Waals surface area contributed by atoms with Crippen molar-refractivity contribution in [1.82, 2.24) is 4.90 Å². The van der Waals surface area contributed by atoms with Gasteiger partial charge in [-0.2, -0.15) is 8.42 Å². The maximum absolute atomic E-state index is 12.1. The molecular formula is C12H14N2O3S2. The number of benzene rings is 1. The molecule has 1 aliphatic heterocycles. The molecule has 102 valence electrons. The Morgan fingerprint density at radius 2 is 1.95 bits per heavy atom. The largest absolute Gasteiger partial charge is 0.290 e. The first-order valence-corrected chi connectivity index (χ1v) is 8.15. The van der Waals surface area contributed by atoms with Gasteiger partial charge in [0.15, 0.2) is 5.17 Å². The number of hydrogen-bond donors (Lipinski definition) is 0. The van der Waals surface area contributed by atoms with Crippen molar-refractivity contribution in [2.75, 3.05) is 6.54 Å². The second-order valence-corrected chi connectivity index (χ2v) is 6.92. The molecule has 0 radical (unpaired) electrons. The van der Waals surface area contributed by atoms with Crippen LogP contribution >= 0.6 is 11.8 Å². The Morgan fingerprint density at radius 3 is 2.53 bits per heavy atom. The van der Waals surface area contributed by atoms with E-state index in [4.69, 9.17) is 0 Å². The maximum atomic E-state index is 12.1. The Bertz CT molecular complexity index is 611. The van der Waals surface area contributed by atoms with Gasteiger partial charge in [0.1, 0.15) is 0 Å². The molecule has 0 spiro atoms. The smallest absolute Gasteiger partial charge is 0.284 e. The van der Waals surface area contributed by atoms with E-state index in [0.29, 0.717) is 6.54 Å². The van der Waals surface area contributed by atoms with E-state index in [1.54, 1.807) is 32.0 Å². The predicted molar refractivity (Wildman–Crippen MR) is 75.5 cm³/mol. The summed E-state index contributed by atoms with van der Waals surface area (Å²) in [7, 11) is -3.76. The lowest BCUT2D eigenvalue weighted by Crippen LogP contribution is -2.31. The number of amidine groups is 1. The van der Waals surface area contributed by atoms with E-state index in [9.17, 15) is 13.2 Å². The normalized spacial score (nSPS) is 22.2. The SMILES string of the molecule is CCN1C(=O)[C@H](C)SC1=NS(=O)(=O)c1ccccc1. The molecular weight excluding hydrogens is 284 g/mol. The summed E-state index contributed by atoms with van der Waals surface area (Å²) in [6.07, 6.45) is 0. The number of thioether (sulfide) groups is 1. The third-order valence-electron chi connectivity index (χ3n) is 2.68. The molecule has 1 saturated heterocycles. The Labute approximate surface area is 116 Å². The molecule has 1 atom stereocenters. The number of amides is 1. The van der Waals surface area contributed by atoms with Crippen LogP contribution in [0.1, 0.15) is 13.8 Å². The lowest BCUT2D eigenvalue weighted by molar-refractivity contribution is -0.125. The molecule has 7 heteroatoms. The van der Waals surface area contributed by atoms with E-state index in [1.807, 2.05) is 0 Å². The van der Waals surface area contributed by atoms with Crippen LogP contribution in [-0.2, 0) is 14.8 Å². The van der Waals surface area contributed by atoms with Crippen molar-refractivity contribution in [3.05, 3.63) is 30.3 Å². The Hall–Kier alpha value is -1.34. The van der Waals surface area contributed by atoms with E-state index in [1.165, 1.54) is 28.8 Å². The summed E-state index contributed by atoms with van der Waals surface area (Å²) in [5, 5.41) is -0.0338. The summed E-state index contributed by atoms with van der Waals surface area (Å²) in [5.74, 6) is -0.102. The van der Waals surface area contributed by atoms with Crippen LogP contribution in [0.2, 0.25) is 0 Å². The first-order chi connectivity index (χ1) is 8.95. The van der Waals surface area contributed by atoms with Gasteiger partial charge in [0.25, 0.3) is 10.0 Å². The summed E-state index contributed by atoms with van der Waals surface area (Å²) in [6, 6.07) is 7.99. The van der Waals surface area contributed by atoms with Crippen molar-refractivity contribution in [3.8, 4) is 0 Å². The van der Waals surface area contributed by atoms with Gasteiger partial charge in [-0.15, -0.1) is 4.40 Å². The summed E-state index contributed by atoms with van der Waals surface area (Å²) in [4.78, 5) is 13.3. The molecule has 0 aromatic heterocycles. The Balaban J connectivity index is 2.39. The molecule has 19 heavy (non-hydrogen) atoms. The van der Waals surface area contributed by atoms with Gasteiger partial charge < -0.3 is 0 Å². The van der Waals surface area contributed by atoms with E-state index < -0.39 is 10.0 Å². The minimum Gasteiger partial charge on any atom is -0.290 e. The lowest BCUT2D eigenvalue weighted by Gasteiger charge is -2.12. The second kappa shape index (κ2) is 5.34. The van der Waals surface area contributed by atoms with E-state index >= 15 is 0 Å². The number of sulfonamides is 1. The molecule has 1 aliphatic rings. The van der Waals surface area contributed by atoms with Crippen molar-refractivity contribution in [2.45, 2.75) is 24.0 Å². The fourth-order valence-corrected chi connectivity index (χ4v) is 3.96. The third kappa shape index (κ3) is 2.82. The molecule has 5 nitrogen and oxygen atoms in total. The molecule has 0 unspecified atom stereocenters. The van der Waals surface area contributed by atoms with Gasteiger partial charge in [-0.25, -0.2) is 0 Å². The number of carbonyl (C=O) groups excluding carboxylic acids is 1. The first kappa shape index (κ1) is 14.1. The van der Waals surface area contributed by atoms with Crippen LogP contribution in [0.15, 0.2) is 39.6 Å². The fraction of sp³-hybridized carbons (Fsp3) is 0.333. The first-order valence-electron chi connectivity index (χ1n) is 5.83. The number of hydrogen-bond acceptors (Lipinski definition) is 4. The van der Waals surface area contributed by atoms with Crippen molar-refractivity contribution < 1.29 is 13.2 Å². The Kier molecular flexibility index (Phi) is 3.96. The zero-order valence-electron chi connectivity index (χ0n) is 10.6. The van der Waals surface area contributed by atoms with Crippen LogP contribution in [0.3, 0.4) is 0 Å².